The normalized spacial score (nSPS) is 16.3. The van der Waals surface area contributed by atoms with Gasteiger partial charge in [0.15, 0.2) is 0 Å². The molecule has 1 aliphatic heterocycles. The van der Waals surface area contributed by atoms with Crippen LogP contribution in [-0.2, 0) is 10.0 Å². The van der Waals surface area contributed by atoms with E-state index in [1.54, 1.807) is 4.90 Å². The zero-order valence-electron chi connectivity index (χ0n) is 13.2. The maximum atomic E-state index is 13.2. The Morgan fingerprint density at radius 1 is 1.26 bits per heavy atom. The second-order valence-corrected chi connectivity index (χ2v) is 7.37. The second-order valence-electron chi connectivity index (χ2n) is 5.43. The van der Waals surface area contributed by atoms with Crippen LogP contribution in [0, 0.1) is 5.82 Å². The third-order valence-electron chi connectivity index (χ3n) is 3.77. The van der Waals surface area contributed by atoms with E-state index in [4.69, 9.17) is 0 Å². The van der Waals surface area contributed by atoms with Crippen LogP contribution in [-0.4, -0.2) is 56.4 Å². The van der Waals surface area contributed by atoms with Gasteiger partial charge in [-0.25, -0.2) is 17.6 Å². The Hall–Kier alpha value is -1.67. The molecule has 1 saturated heterocycles. The molecule has 1 aromatic carbocycles. The van der Waals surface area contributed by atoms with Crippen molar-refractivity contribution in [2.24, 2.45) is 0 Å². The maximum absolute atomic E-state index is 13.2. The summed E-state index contributed by atoms with van der Waals surface area (Å²) in [4.78, 5) is 13.5. The zero-order valence-corrected chi connectivity index (χ0v) is 14.0. The molecule has 1 aromatic rings. The van der Waals surface area contributed by atoms with Crippen molar-refractivity contribution in [3.05, 3.63) is 30.1 Å². The number of amides is 2. The number of carbonyl (C=O) groups is 1. The van der Waals surface area contributed by atoms with Gasteiger partial charge < -0.3 is 10.2 Å². The Bertz CT molecular complexity index is 643. The molecule has 1 aliphatic rings. The van der Waals surface area contributed by atoms with Gasteiger partial charge in [-0.15, -0.1) is 0 Å². The first-order valence-electron chi connectivity index (χ1n) is 7.73. The van der Waals surface area contributed by atoms with Crippen molar-refractivity contribution >= 4 is 16.1 Å². The van der Waals surface area contributed by atoms with Crippen molar-refractivity contribution in [2.75, 3.05) is 32.7 Å². The third-order valence-corrected chi connectivity index (χ3v) is 5.66. The van der Waals surface area contributed by atoms with E-state index >= 15 is 0 Å². The van der Waals surface area contributed by atoms with Gasteiger partial charge in [-0.05, 0) is 24.6 Å². The van der Waals surface area contributed by atoms with Gasteiger partial charge in [0.1, 0.15) is 5.82 Å². The molecule has 0 aromatic heterocycles. The van der Waals surface area contributed by atoms with Crippen LogP contribution in [0.5, 0.6) is 0 Å². The lowest BCUT2D eigenvalue weighted by Crippen LogP contribution is -2.53. The van der Waals surface area contributed by atoms with Gasteiger partial charge in [0.25, 0.3) is 0 Å². The van der Waals surface area contributed by atoms with Crippen LogP contribution in [0.25, 0.3) is 0 Å². The number of urea groups is 1. The quantitative estimate of drug-likeness (QED) is 0.827. The summed E-state index contributed by atoms with van der Waals surface area (Å²) in [6, 6.07) is 4.81. The van der Waals surface area contributed by atoms with Crippen LogP contribution in [0.1, 0.15) is 19.8 Å². The van der Waals surface area contributed by atoms with Gasteiger partial charge in [-0.3, -0.25) is 0 Å². The first-order chi connectivity index (χ1) is 10.9. The van der Waals surface area contributed by atoms with E-state index in [1.165, 1.54) is 22.5 Å². The van der Waals surface area contributed by atoms with E-state index in [0.717, 1.165) is 18.9 Å². The summed E-state index contributed by atoms with van der Waals surface area (Å²) >= 11 is 0. The molecule has 0 atom stereocenters. The van der Waals surface area contributed by atoms with Gasteiger partial charge >= 0.3 is 6.03 Å². The Morgan fingerprint density at radius 3 is 2.57 bits per heavy atom. The van der Waals surface area contributed by atoms with E-state index in [2.05, 4.69) is 5.32 Å². The van der Waals surface area contributed by atoms with Crippen LogP contribution in [0.2, 0.25) is 0 Å². The van der Waals surface area contributed by atoms with Gasteiger partial charge in [-0.1, -0.05) is 19.4 Å². The van der Waals surface area contributed by atoms with Crippen molar-refractivity contribution in [1.29, 1.82) is 0 Å². The summed E-state index contributed by atoms with van der Waals surface area (Å²) in [6.07, 6.45) is 1.92. The molecule has 0 saturated carbocycles. The van der Waals surface area contributed by atoms with Crippen LogP contribution < -0.4 is 5.32 Å². The van der Waals surface area contributed by atoms with E-state index in [9.17, 15) is 17.6 Å². The highest BCUT2D eigenvalue weighted by molar-refractivity contribution is 7.89. The zero-order chi connectivity index (χ0) is 16.9. The van der Waals surface area contributed by atoms with Crippen LogP contribution in [0.15, 0.2) is 29.2 Å². The lowest BCUT2D eigenvalue weighted by molar-refractivity contribution is 0.172. The van der Waals surface area contributed by atoms with Gasteiger partial charge in [0.05, 0.1) is 4.90 Å². The molecular weight excluding hydrogens is 321 g/mol. The number of nitrogens with one attached hydrogen (secondary N) is 1. The molecule has 0 bridgehead atoms. The van der Waals surface area contributed by atoms with Crippen LogP contribution in [0.3, 0.4) is 0 Å². The minimum Gasteiger partial charge on any atom is -0.338 e. The molecule has 1 heterocycles. The molecule has 128 valence electrons. The average Bonchev–Trinajstić information content (AvgIpc) is 2.55. The van der Waals surface area contributed by atoms with E-state index in [0.29, 0.717) is 19.6 Å². The second kappa shape index (κ2) is 7.74. The van der Waals surface area contributed by atoms with E-state index in [-0.39, 0.29) is 24.0 Å². The Kier molecular flexibility index (Phi) is 5.95. The van der Waals surface area contributed by atoms with Gasteiger partial charge in [-0.2, -0.15) is 4.31 Å². The Morgan fingerprint density at radius 2 is 1.96 bits per heavy atom. The standard InChI is InChI=1S/C15H22FN3O3S/c1-2-3-7-17-15(20)18-8-10-19(11-9-18)23(21,22)14-6-4-5-13(16)12-14/h4-6,12H,2-3,7-11H2,1H3,(H,17,20). The summed E-state index contributed by atoms with van der Waals surface area (Å²) in [5, 5.41) is 2.82. The molecule has 8 heteroatoms. The summed E-state index contributed by atoms with van der Waals surface area (Å²) < 4.78 is 39.5. The number of halogens is 1. The first kappa shape index (κ1) is 17.7. The van der Waals surface area contributed by atoms with Crippen molar-refractivity contribution in [3.63, 3.8) is 0 Å². The fourth-order valence-corrected chi connectivity index (χ4v) is 3.85. The minimum atomic E-state index is -3.72. The summed E-state index contributed by atoms with van der Waals surface area (Å²) in [7, 11) is -3.72. The first-order valence-corrected chi connectivity index (χ1v) is 9.17. The number of unbranched alkanes of at least 4 members (excludes halogenated alkanes) is 1. The average molecular weight is 343 g/mol. The lowest BCUT2D eigenvalue weighted by Gasteiger charge is -2.34. The number of piperazine rings is 1. The summed E-state index contributed by atoms with van der Waals surface area (Å²) in [5.41, 5.74) is 0. The number of sulfonamides is 1. The molecule has 0 spiro atoms. The summed E-state index contributed by atoms with van der Waals surface area (Å²) in [5.74, 6) is -0.583. The van der Waals surface area contributed by atoms with Crippen molar-refractivity contribution in [3.8, 4) is 0 Å². The molecule has 23 heavy (non-hydrogen) atoms. The SMILES string of the molecule is CCCCNC(=O)N1CCN(S(=O)(=O)c2cccc(F)c2)CC1. The topological polar surface area (TPSA) is 69.7 Å². The molecule has 2 rings (SSSR count). The maximum Gasteiger partial charge on any atom is 0.317 e. The van der Waals surface area contributed by atoms with Crippen molar-refractivity contribution in [2.45, 2.75) is 24.7 Å². The molecule has 1 fully saturated rings. The minimum absolute atomic E-state index is 0.0571. The Labute approximate surface area is 136 Å². The van der Waals surface area contributed by atoms with Gasteiger partial charge in [0.2, 0.25) is 10.0 Å². The number of benzene rings is 1. The smallest absolute Gasteiger partial charge is 0.317 e. The predicted octanol–water partition coefficient (Wildman–Crippen LogP) is 1.64. The van der Waals surface area contributed by atoms with Gasteiger partial charge in [0, 0.05) is 32.7 Å². The highest BCUT2D eigenvalue weighted by Gasteiger charge is 2.30. The third kappa shape index (κ3) is 4.42. The molecule has 6 nitrogen and oxygen atoms in total. The van der Waals surface area contributed by atoms with E-state index in [1.807, 2.05) is 6.92 Å². The Balaban J connectivity index is 1.94. The molecule has 0 aliphatic carbocycles. The van der Waals surface area contributed by atoms with Crippen molar-refractivity contribution in [1.82, 2.24) is 14.5 Å². The number of nitrogens with zero attached hydrogens (tertiary/aromatic N) is 2. The lowest BCUT2D eigenvalue weighted by atomic mass is 10.3. The molecular formula is C15H22FN3O3S. The monoisotopic (exact) mass is 343 g/mol. The van der Waals surface area contributed by atoms with Crippen LogP contribution >= 0.6 is 0 Å². The molecule has 2 amide bonds. The number of rotatable bonds is 5. The fourth-order valence-electron chi connectivity index (χ4n) is 2.39. The predicted molar refractivity (Wildman–Crippen MR) is 85.0 cm³/mol. The van der Waals surface area contributed by atoms with E-state index < -0.39 is 15.8 Å². The fraction of sp³-hybridized carbons (Fsp3) is 0.533. The largest absolute Gasteiger partial charge is 0.338 e. The summed E-state index contributed by atoms with van der Waals surface area (Å²) in [6.45, 7) is 3.73. The molecule has 0 unspecified atom stereocenters. The number of carbonyl (C=O) groups excluding carboxylic acids is 1. The van der Waals surface area contributed by atoms with Crippen molar-refractivity contribution < 1.29 is 17.6 Å². The number of hydrogen-bond donors (Lipinski definition) is 1. The molecule has 0 radical (unpaired) electrons. The highest BCUT2D eigenvalue weighted by Crippen LogP contribution is 2.18. The highest BCUT2D eigenvalue weighted by atomic mass is 32.2. The van der Waals surface area contributed by atoms with Crippen LogP contribution in [0.4, 0.5) is 9.18 Å². The number of hydrogen-bond acceptors (Lipinski definition) is 3. The molecule has 1 N–H and O–H groups in total.